The van der Waals surface area contributed by atoms with E-state index in [0.717, 1.165) is 5.75 Å². The first-order valence-corrected chi connectivity index (χ1v) is 6.06. The Hall–Kier alpha value is -1.32. The standard InChI is InChI=1S/C13H15NOS/c1-10-3-2-4-11(7-10)15-9-13-6-5-12(8-14)16-13/h2-7H,8-9,14H2,1H3. The predicted octanol–water partition coefficient (Wildman–Crippen LogP) is 3.09. The van der Waals surface area contributed by atoms with Crippen LogP contribution in [0.15, 0.2) is 36.4 Å². The Kier molecular flexibility index (Phi) is 3.59. The van der Waals surface area contributed by atoms with Crippen molar-refractivity contribution in [3.63, 3.8) is 0 Å². The van der Waals surface area contributed by atoms with Gasteiger partial charge in [-0.3, -0.25) is 0 Å². The lowest BCUT2D eigenvalue weighted by atomic mass is 10.2. The lowest BCUT2D eigenvalue weighted by molar-refractivity contribution is 0.309. The highest BCUT2D eigenvalue weighted by Gasteiger charge is 2.00. The van der Waals surface area contributed by atoms with Crippen LogP contribution in [0.3, 0.4) is 0 Å². The summed E-state index contributed by atoms with van der Waals surface area (Å²) in [4.78, 5) is 2.41. The quantitative estimate of drug-likeness (QED) is 0.880. The zero-order valence-corrected chi connectivity index (χ0v) is 10.1. The van der Waals surface area contributed by atoms with Gasteiger partial charge in [0.2, 0.25) is 0 Å². The van der Waals surface area contributed by atoms with E-state index in [9.17, 15) is 0 Å². The van der Waals surface area contributed by atoms with Crippen LogP contribution in [0.5, 0.6) is 5.75 Å². The molecule has 0 radical (unpaired) electrons. The maximum Gasteiger partial charge on any atom is 0.122 e. The molecule has 3 heteroatoms. The molecule has 16 heavy (non-hydrogen) atoms. The van der Waals surface area contributed by atoms with Crippen molar-refractivity contribution in [1.29, 1.82) is 0 Å². The van der Waals surface area contributed by atoms with E-state index in [1.54, 1.807) is 11.3 Å². The molecule has 0 saturated carbocycles. The average Bonchev–Trinajstić information content (AvgIpc) is 2.74. The van der Waals surface area contributed by atoms with E-state index >= 15 is 0 Å². The van der Waals surface area contributed by atoms with Crippen LogP contribution in [-0.4, -0.2) is 0 Å². The highest BCUT2D eigenvalue weighted by atomic mass is 32.1. The summed E-state index contributed by atoms with van der Waals surface area (Å²) in [5.41, 5.74) is 6.77. The largest absolute Gasteiger partial charge is 0.488 e. The molecule has 1 heterocycles. The Morgan fingerprint density at radius 2 is 2.00 bits per heavy atom. The number of ether oxygens (including phenoxy) is 1. The number of benzene rings is 1. The second kappa shape index (κ2) is 5.14. The molecule has 2 rings (SSSR count). The summed E-state index contributed by atoms with van der Waals surface area (Å²) in [5.74, 6) is 0.919. The Bertz CT molecular complexity index is 464. The Morgan fingerprint density at radius 3 is 2.69 bits per heavy atom. The molecule has 1 aromatic heterocycles. The van der Waals surface area contributed by atoms with Crippen LogP contribution in [0.25, 0.3) is 0 Å². The predicted molar refractivity (Wildman–Crippen MR) is 67.7 cm³/mol. The third kappa shape index (κ3) is 2.84. The van der Waals surface area contributed by atoms with Gasteiger partial charge in [0.05, 0.1) is 0 Å². The van der Waals surface area contributed by atoms with Gasteiger partial charge in [-0.2, -0.15) is 0 Å². The molecule has 2 nitrogen and oxygen atoms in total. The zero-order valence-electron chi connectivity index (χ0n) is 9.27. The van der Waals surface area contributed by atoms with E-state index in [1.165, 1.54) is 15.3 Å². The van der Waals surface area contributed by atoms with Crippen LogP contribution in [-0.2, 0) is 13.2 Å². The van der Waals surface area contributed by atoms with Crippen LogP contribution in [0, 0.1) is 6.92 Å². The number of aryl methyl sites for hydroxylation is 1. The molecule has 1 aromatic carbocycles. The van der Waals surface area contributed by atoms with Gasteiger partial charge in [0.15, 0.2) is 0 Å². The first-order chi connectivity index (χ1) is 7.78. The van der Waals surface area contributed by atoms with E-state index in [2.05, 4.69) is 25.1 Å². The summed E-state index contributed by atoms with van der Waals surface area (Å²) in [6, 6.07) is 12.2. The molecule has 0 unspecified atom stereocenters. The van der Waals surface area contributed by atoms with Crippen molar-refractivity contribution in [3.05, 3.63) is 51.7 Å². The van der Waals surface area contributed by atoms with E-state index in [1.807, 2.05) is 18.2 Å². The van der Waals surface area contributed by atoms with Gasteiger partial charge >= 0.3 is 0 Å². The molecule has 0 bridgehead atoms. The number of nitrogens with two attached hydrogens (primary N) is 1. The summed E-state index contributed by atoms with van der Waals surface area (Å²) >= 11 is 1.71. The molecule has 0 aliphatic carbocycles. The van der Waals surface area contributed by atoms with Gasteiger partial charge < -0.3 is 10.5 Å². The van der Waals surface area contributed by atoms with Gasteiger partial charge in [-0.15, -0.1) is 11.3 Å². The lowest BCUT2D eigenvalue weighted by Crippen LogP contribution is -1.93. The van der Waals surface area contributed by atoms with E-state index in [-0.39, 0.29) is 0 Å². The fourth-order valence-electron chi connectivity index (χ4n) is 1.47. The fourth-order valence-corrected chi connectivity index (χ4v) is 2.28. The van der Waals surface area contributed by atoms with Gasteiger partial charge in [0.25, 0.3) is 0 Å². The second-order valence-electron chi connectivity index (χ2n) is 3.68. The minimum Gasteiger partial charge on any atom is -0.488 e. The number of hydrogen-bond acceptors (Lipinski definition) is 3. The average molecular weight is 233 g/mol. The van der Waals surface area contributed by atoms with Gasteiger partial charge in [-0.25, -0.2) is 0 Å². The smallest absolute Gasteiger partial charge is 0.122 e. The normalized spacial score (nSPS) is 10.4. The molecule has 2 N–H and O–H groups in total. The van der Waals surface area contributed by atoms with Gasteiger partial charge in [0, 0.05) is 16.3 Å². The summed E-state index contributed by atoms with van der Waals surface area (Å²) < 4.78 is 5.70. The molecule has 0 saturated heterocycles. The van der Waals surface area contributed by atoms with Crippen LogP contribution in [0.2, 0.25) is 0 Å². The summed E-state index contributed by atoms with van der Waals surface area (Å²) in [7, 11) is 0. The molecule has 84 valence electrons. The molecule has 0 fully saturated rings. The van der Waals surface area contributed by atoms with Crippen molar-refractivity contribution < 1.29 is 4.74 Å². The fraction of sp³-hybridized carbons (Fsp3) is 0.231. The molecule has 0 spiro atoms. The van der Waals surface area contributed by atoms with E-state index < -0.39 is 0 Å². The molecule has 0 amide bonds. The molecule has 2 aromatic rings. The Labute approximate surface area is 99.7 Å². The van der Waals surface area contributed by atoms with Crippen LogP contribution >= 0.6 is 11.3 Å². The van der Waals surface area contributed by atoms with Gasteiger partial charge in [-0.1, -0.05) is 12.1 Å². The zero-order chi connectivity index (χ0) is 11.4. The van der Waals surface area contributed by atoms with Crippen LogP contribution < -0.4 is 10.5 Å². The van der Waals surface area contributed by atoms with Crippen LogP contribution in [0.1, 0.15) is 15.3 Å². The maximum absolute atomic E-state index is 5.70. The van der Waals surface area contributed by atoms with E-state index in [4.69, 9.17) is 10.5 Å². The van der Waals surface area contributed by atoms with Crippen LogP contribution in [0.4, 0.5) is 0 Å². The van der Waals surface area contributed by atoms with Gasteiger partial charge in [0.1, 0.15) is 12.4 Å². The first-order valence-electron chi connectivity index (χ1n) is 5.25. The van der Waals surface area contributed by atoms with Crippen molar-refractivity contribution in [1.82, 2.24) is 0 Å². The number of rotatable bonds is 4. The highest BCUT2D eigenvalue weighted by Crippen LogP contribution is 2.19. The summed E-state index contributed by atoms with van der Waals surface area (Å²) in [6.07, 6.45) is 0. The summed E-state index contributed by atoms with van der Waals surface area (Å²) in [5, 5.41) is 0. The minimum atomic E-state index is 0.606. The molecule has 0 atom stereocenters. The van der Waals surface area contributed by atoms with Crippen molar-refractivity contribution in [2.75, 3.05) is 0 Å². The summed E-state index contributed by atoms with van der Waals surface area (Å²) in [6.45, 7) is 3.29. The number of hydrogen-bond donors (Lipinski definition) is 1. The third-order valence-electron chi connectivity index (χ3n) is 2.29. The Morgan fingerprint density at radius 1 is 1.19 bits per heavy atom. The maximum atomic E-state index is 5.70. The lowest BCUT2D eigenvalue weighted by Gasteiger charge is -2.04. The van der Waals surface area contributed by atoms with Crippen molar-refractivity contribution in [3.8, 4) is 5.75 Å². The molecular formula is C13H15NOS. The van der Waals surface area contributed by atoms with Crippen molar-refractivity contribution >= 4 is 11.3 Å². The van der Waals surface area contributed by atoms with Crippen molar-refractivity contribution in [2.24, 2.45) is 5.73 Å². The molecular weight excluding hydrogens is 218 g/mol. The SMILES string of the molecule is Cc1cccc(OCc2ccc(CN)s2)c1. The highest BCUT2D eigenvalue weighted by molar-refractivity contribution is 7.11. The van der Waals surface area contributed by atoms with Crippen molar-refractivity contribution in [2.45, 2.75) is 20.1 Å². The monoisotopic (exact) mass is 233 g/mol. The second-order valence-corrected chi connectivity index (χ2v) is 4.93. The Balaban J connectivity index is 1.96. The first kappa shape index (κ1) is 11.2. The molecule has 0 aliphatic heterocycles. The molecule has 0 aliphatic rings. The number of thiophene rings is 1. The van der Waals surface area contributed by atoms with E-state index in [0.29, 0.717) is 13.2 Å². The van der Waals surface area contributed by atoms with Gasteiger partial charge in [-0.05, 0) is 36.8 Å². The third-order valence-corrected chi connectivity index (χ3v) is 3.37. The minimum absolute atomic E-state index is 0.606. The topological polar surface area (TPSA) is 35.2 Å².